The summed E-state index contributed by atoms with van der Waals surface area (Å²) < 4.78 is 40.4. The van der Waals surface area contributed by atoms with E-state index in [1.165, 1.54) is 0 Å². The number of sulfonamides is 1. The second kappa shape index (κ2) is 9.02. The summed E-state index contributed by atoms with van der Waals surface area (Å²) in [6, 6.07) is 8.22. The smallest absolute Gasteiger partial charge is 0.261 e. The molecule has 8 heteroatoms. The van der Waals surface area contributed by atoms with E-state index in [0.29, 0.717) is 36.0 Å². The van der Waals surface area contributed by atoms with Crippen molar-refractivity contribution in [3.63, 3.8) is 0 Å². The highest BCUT2D eigenvalue weighted by Gasteiger charge is 2.37. The van der Waals surface area contributed by atoms with Crippen molar-refractivity contribution in [2.24, 2.45) is 5.41 Å². The molecular formula is C24H32N2O5S. The van der Waals surface area contributed by atoms with Gasteiger partial charge in [-0.2, -0.15) is 0 Å². The Balaban J connectivity index is 1.97. The number of fused-ring (bicyclic) bond motifs is 1. The number of nitrogens with zero attached hydrogens (tertiary/aromatic N) is 1. The molecule has 1 amide bonds. The van der Waals surface area contributed by atoms with Crippen molar-refractivity contribution >= 4 is 27.3 Å². The topological polar surface area (TPSA) is 84.9 Å². The van der Waals surface area contributed by atoms with Crippen LogP contribution in [0.3, 0.4) is 0 Å². The van der Waals surface area contributed by atoms with Gasteiger partial charge in [0.25, 0.3) is 10.0 Å². The maximum atomic E-state index is 13.1. The molecule has 0 atom stereocenters. The van der Waals surface area contributed by atoms with E-state index < -0.39 is 15.4 Å². The molecule has 0 radical (unpaired) electrons. The number of amides is 1. The van der Waals surface area contributed by atoms with Crippen LogP contribution in [-0.4, -0.2) is 34.1 Å². The fourth-order valence-electron chi connectivity index (χ4n) is 3.81. The van der Waals surface area contributed by atoms with Crippen LogP contribution in [0.2, 0.25) is 0 Å². The SMILES string of the molecule is CCCN1C(=O)C(C)(C)COc2ccc(NS(=O)(=O)c3cc(C)c(OCC)c(C)c3)cc21. The van der Waals surface area contributed by atoms with Gasteiger partial charge in [0, 0.05) is 6.54 Å². The van der Waals surface area contributed by atoms with E-state index in [2.05, 4.69) is 4.72 Å². The molecule has 0 saturated carbocycles. The molecule has 1 N–H and O–H groups in total. The van der Waals surface area contributed by atoms with Gasteiger partial charge in [-0.05, 0) is 82.5 Å². The molecule has 0 spiro atoms. The van der Waals surface area contributed by atoms with Gasteiger partial charge in [-0.25, -0.2) is 8.42 Å². The van der Waals surface area contributed by atoms with Crippen LogP contribution in [0, 0.1) is 19.3 Å². The molecular weight excluding hydrogens is 428 g/mol. The number of hydrogen-bond acceptors (Lipinski definition) is 5. The van der Waals surface area contributed by atoms with Crippen molar-refractivity contribution in [1.82, 2.24) is 0 Å². The van der Waals surface area contributed by atoms with Gasteiger partial charge in [0.15, 0.2) is 0 Å². The molecule has 174 valence electrons. The molecule has 3 rings (SSSR count). The van der Waals surface area contributed by atoms with E-state index in [1.54, 1.807) is 35.2 Å². The minimum absolute atomic E-state index is 0.0455. The number of hydrogen-bond donors (Lipinski definition) is 1. The van der Waals surface area contributed by atoms with Crippen molar-refractivity contribution in [2.75, 3.05) is 29.4 Å². The second-order valence-electron chi connectivity index (χ2n) is 8.74. The fourth-order valence-corrected chi connectivity index (χ4v) is 5.02. The van der Waals surface area contributed by atoms with Crippen LogP contribution < -0.4 is 19.1 Å². The first-order chi connectivity index (χ1) is 15.0. The van der Waals surface area contributed by atoms with Crippen LogP contribution in [0.1, 0.15) is 45.2 Å². The molecule has 1 heterocycles. The highest BCUT2D eigenvalue weighted by Crippen LogP contribution is 2.39. The van der Waals surface area contributed by atoms with Gasteiger partial charge in [-0.3, -0.25) is 9.52 Å². The van der Waals surface area contributed by atoms with Crippen LogP contribution >= 0.6 is 0 Å². The van der Waals surface area contributed by atoms with E-state index in [4.69, 9.17) is 9.47 Å². The van der Waals surface area contributed by atoms with Crippen LogP contribution in [0.5, 0.6) is 11.5 Å². The predicted molar refractivity (Wildman–Crippen MR) is 126 cm³/mol. The number of nitrogens with one attached hydrogen (secondary N) is 1. The summed E-state index contributed by atoms with van der Waals surface area (Å²) in [5, 5.41) is 0. The summed E-state index contributed by atoms with van der Waals surface area (Å²) in [7, 11) is -3.84. The maximum absolute atomic E-state index is 13.1. The van der Waals surface area contributed by atoms with Crippen LogP contribution in [0.15, 0.2) is 35.2 Å². The number of aryl methyl sites for hydroxylation is 2. The molecule has 1 aliphatic rings. The Bertz CT molecular complexity index is 1100. The number of anilines is 2. The van der Waals surface area contributed by atoms with Gasteiger partial charge in [0.1, 0.15) is 18.1 Å². The third kappa shape index (κ3) is 4.70. The lowest BCUT2D eigenvalue weighted by molar-refractivity contribution is -0.127. The zero-order chi connectivity index (χ0) is 23.7. The average molecular weight is 461 g/mol. The Morgan fingerprint density at radius 3 is 2.38 bits per heavy atom. The van der Waals surface area contributed by atoms with Gasteiger partial charge >= 0.3 is 0 Å². The highest BCUT2D eigenvalue weighted by atomic mass is 32.2. The summed E-state index contributed by atoms with van der Waals surface area (Å²) in [5.74, 6) is 1.22. The molecule has 2 aromatic carbocycles. The molecule has 0 saturated heterocycles. The summed E-state index contributed by atoms with van der Waals surface area (Å²) in [6.07, 6.45) is 0.766. The lowest BCUT2D eigenvalue weighted by Crippen LogP contribution is -2.42. The maximum Gasteiger partial charge on any atom is 0.261 e. The first-order valence-corrected chi connectivity index (χ1v) is 12.3. The Morgan fingerprint density at radius 1 is 1.12 bits per heavy atom. The van der Waals surface area contributed by atoms with Crippen LogP contribution in [-0.2, 0) is 14.8 Å². The summed E-state index contributed by atoms with van der Waals surface area (Å²) in [5.41, 5.74) is 1.77. The highest BCUT2D eigenvalue weighted by molar-refractivity contribution is 7.92. The fraction of sp³-hybridized carbons (Fsp3) is 0.458. The number of carbonyl (C=O) groups excluding carboxylic acids is 1. The molecule has 0 unspecified atom stereocenters. The Kier molecular flexibility index (Phi) is 6.74. The molecule has 0 aromatic heterocycles. The number of benzene rings is 2. The number of rotatable bonds is 7. The second-order valence-corrected chi connectivity index (χ2v) is 10.4. The van der Waals surface area contributed by atoms with E-state index in [0.717, 1.165) is 17.5 Å². The Morgan fingerprint density at radius 2 is 1.78 bits per heavy atom. The summed E-state index contributed by atoms with van der Waals surface area (Å²) in [4.78, 5) is 14.9. The first-order valence-electron chi connectivity index (χ1n) is 10.9. The van der Waals surface area contributed by atoms with Gasteiger partial charge in [0.05, 0.1) is 28.3 Å². The molecule has 0 bridgehead atoms. The summed E-state index contributed by atoms with van der Waals surface area (Å²) >= 11 is 0. The van der Waals surface area contributed by atoms with Crippen molar-refractivity contribution < 1.29 is 22.7 Å². The lowest BCUT2D eigenvalue weighted by Gasteiger charge is -2.28. The van der Waals surface area contributed by atoms with Gasteiger partial charge in [0.2, 0.25) is 5.91 Å². The van der Waals surface area contributed by atoms with E-state index >= 15 is 0 Å². The normalized spacial score (nSPS) is 15.6. The number of ether oxygens (including phenoxy) is 2. The standard InChI is InChI=1S/C24H32N2O5S/c1-7-11-26-20-14-18(9-10-21(20)31-15-24(5,6)23(26)27)25-32(28,29)19-12-16(3)22(30-8-2)17(4)13-19/h9-10,12-14,25H,7-8,11,15H2,1-6H3. The monoisotopic (exact) mass is 460 g/mol. The first kappa shape index (κ1) is 23.9. The molecule has 7 nitrogen and oxygen atoms in total. The zero-order valence-corrected chi connectivity index (χ0v) is 20.4. The van der Waals surface area contributed by atoms with Gasteiger partial charge in [-0.15, -0.1) is 0 Å². The third-order valence-electron chi connectivity index (χ3n) is 5.39. The van der Waals surface area contributed by atoms with Crippen LogP contribution in [0.25, 0.3) is 0 Å². The minimum atomic E-state index is -3.84. The third-order valence-corrected chi connectivity index (χ3v) is 6.76. The van der Waals surface area contributed by atoms with Crippen molar-refractivity contribution in [3.8, 4) is 11.5 Å². The lowest BCUT2D eigenvalue weighted by atomic mass is 9.93. The van der Waals surface area contributed by atoms with Crippen molar-refractivity contribution in [2.45, 2.75) is 52.9 Å². The average Bonchev–Trinajstić information content (AvgIpc) is 2.80. The van der Waals surface area contributed by atoms with Gasteiger partial charge in [-0.1, -0.05) is 6.92 Å². The molecule has 32 heavy (non-hydrogen) atoms. The molecule has 0 aliphatic carbocycles. The number of carbonyl (C=O) groups is 1. The molecule has 0 fully saturated rings. The molecule has 2 aromatic rings. The Hall–Kier alpha value is -2.74. The van der Waals surface area contributed by atoms with Crippen LogP contribution in [0.4, 0.5) is 11.4 Å². The van der Waals surface area contributed by atoms with Crippen molar-refractivity contribution in [3.05, 3.63) is 41.5 Å². The van der Waals surface area contributed by atoms with Gasteiger partial charge < -0.3 is 14.4 Å². The largest absolute Gasteiger partial charge is 0.493 e. The van der Waals surface area contributed by atoms with E-state index in [1.807, 2.05) is 41.5 Å². The van der Waals surface area contributed by atoms with E-state index in [9.17, 15) is 13.2 Å². The quantitative estimate of drug-likeness (QED) is 0.649. The van der Waals surface area contributed by atoms with Crippen molar-refractivity contribution in [1.29, 1.82) is 0 Å². The summed E-state index contributed by atoms with van der Waals surface area (Å²) in [6.45, 7) is 12.5. The molecule has 1 aliphatic heterocycles. The predicted octanol–water partition coefficient (Wildman–Crippen LogP) is 4.66. The van der Waals surface area contributed by atoms with E-state index in [-0.39, 0.29) is 17.4 Å². The zero-order valence-electron chi connectivity index (χ0n) is 19.6. The Labute approximate surface area is 190 Å². The minimum Gasteiger partial charge on any atom is -0.493 e.